The minimum Gasteiger partial charge on any atom is -0.496 e. The van der Waals surface area contributed by atoms with E-state index in [1.807, 2.05) is 25.1 Å². The van der Waals surface area contributed by atoms with Gasteiger partial charge < -0.3 is 10.5 Å². The third kappa shape index (κ3) is 4.30. The highest BCUT2D eigenvalue weighted by Crippen LogP contribution is 2.27. The van der Waals surface area contributed by atoms with E-state index in [9.17, 15) is 14.4 Å². The number of nitrogens with two attached hydrogens (primary N) is 1. The van der Waals surface area contributed by atoms with Gasteiger partial charge >= 0.3 is 5.69 Å². The smallest absolute Gasteiger partial charge is 0.330 e. The van der Waals surface area contributed by atoms with Gasteiger partial charge in [-0.3, -0.25) is 24.0 Å². The lowest BCUT2D eigenvalue weighted by Crippen LogP contribution is -2.40. The van der Waals surface area contributed by atoms with Gasteiger partial charge in [0.05, 0.1) is 18.5 Å². The van der Waals surface area contributed by atoms with Crippen molar-refractivity contribution in [2.24, 2.45) is 0 Å². The second-order valence-corrected chi connectivity index (χ2v) is 7.63. The molecule has 2 aromatic heterocycles. The molecule has 0 aliphatic carbocycles. The van der Waals surface area contributed by atoms with Gasteiger partial charge in [-0.1, -0.05) is 37.6 Å². The molecule has 30 heavy (non-hydrogen) atoms. The molecule has 0 atom stereocenters. The number of nitrogens with zero attached hydrogens (tertiary/aromatic N) is 2. The number of thiophene rings is 1. The van der Waals surface area contributed by atoms with E-state index in [1.54, 1.807) is 23.6 Å². The molecule has 1 amide bonds. The van der Waals surface area contributed by atoms with Crippen LogP contribution in [0.5, 0.6) is 5.75 Å². The van der Waals surface area contributed by atoms with Crippen molar-refractivity contribution in [3.63, 3.8) is 0 Å². The van der Waals surface area contributed by atoms with Gasteiger partial charge in [0.25, 0.3) is 11.5 Å². The summed E-state index contributed by atoms with van der Waals surface area (Å²) in [6.45, 7) is 2.39. The van der Waals surface area contributed by atoms with Crippen molar-refractivity contribution >= 4 is 28.7 Å². The maximum absolute atomic E-state index is 13.3. The third-order valence-corrected chi connectivity index (χ3v) is 5.58. The molecule has 0 unspecified atom stereocenters. The number of carbonyl (C=O) groups excluding carboxylic acids is 1. The molecule has 0 bridgehead atoms. The fourth-order valence-corrected chi connectivity index (χ4v) is 3.84. The maximum atomic E-state index is 13.3. The number of ether oxygens (including phenoxy) is 1. The van der Waals surface area contributed by atoms with E-state index >= 15 is 0 Å². The highest BCUT2D eigenvalue weighted by atomic mass is 32.1. The van der Waals surface area contributed by atoms with E-state index < -0.39 is 11.2 Å². The first-order valence-corrected chi connectivity index (χ1v) is 10.5. The monoisotopic (exact) mass is 428 g/mol. The van der Waals surface area contributed by atoms with Crippen molar-refractivity contribution in [2.45, 2.75) is 32.9 Å². The van der Waals surface area contributed by atoms with Gasteiger partial charge in [-0.15, -0.1) is 11.3 Å². The van der Waals surface area contributed by atoms with Crippen LogP contribution in [0, 0.1) is 0 Å². The Labute approximate surface area is 177 Å². The first-order valence-electron chi connectivity index (χ1n) is 9.57. The Bertz CT molecular complexity index is 1130. The van der Waals surface area contributed by atoms with E-state index in [2.05, 4.69) is 4.98 Å². The van der Waals surface area contributed by atoms with Gasteiger partial charge in [0.15, 0.2) is 5.69 Å². The number of aromatic amines is 1. The zero-order valence-corrected chi connectivity index (χ0v) is 17.7. The van der Waals surface area contributed by atoms with Crippen LogP contribution in [0.15, 0.2) is 51.4 Å². The Hall–Kier alpha value is -3.33. The molecule has 0 radical (unpaired) electrons. The van der Waals surface area contributed by atoms with Crippen LogP contribution in [0.4, 0.5) is 11.5 Å². The molecule has 0 spiro atoms. The van der Waals surface area contributed by atoms with E-state index in [-0.39, 0.29) is 24.0 Å². The first-order chi connectivity index (χ1) is 14.5. The molecule has 0 saturated heterocycles. The Kier molecular flexibility index (Phi) is 6.73. The van der Waals surface area contributed by atoms with Gasteiger partial charge in [-0.25, -0.2) is 4.79 Å². The van der Waals surface area contributed by atoms with Gasteiger partial charge in [-0.2, -0.15) is 0 Å². The second kappa shape index (κ2) is 9.45. The number of para-hydroxylation sites is 1. The van der Waals surface area contributed by atoms with Crippen molar-refractivity contribution in [1.29, 1.82) is 0 Å². The summed E-state index contributed by atoms with van der Waals surface area (Å²) in [6, 6.07) is 10.7. The van der Waals surface area contributed by atoms with E-state index in [0.29, 0.717) is 29.2 Å². The average molecular weight is 429 g/mol. The number of rotatable bonds is 8. The number of methoxy groups -OCH3 is 1. The van der Waals surface area contributed by atoms with Gasteiger partial charge in [-0.05, 0) is 23.9 Å². The normalized spacial score (nSPS) is 10.7. The fourth-order valence-electron chi connectivity index (χ4n) is 3.17. The topological polar surface area (TPSA) is 110 Å². The largest absolute Gasteiger partial charge is 0.496 e. The summed E-state index contributed by atoms with van der Waals surface area (Å²) in [5.41, 5.74) is 5.63. The van der Waals surface area contributed by atoms with Crippen LogP contribution in [0.3, 0.4) is 0 Å². The Morgan fingerprint density at radius 3 is 2.67 bits per heavy atom. The number of amides is 1. The number of nitrogen functional groups attached to an aromatic ring is 1. The Morgan fingerprint density at radius 1 is 1.23 bits per heavy atom. The van der Waals surface area contributed by atoms with Crippen molar-refractivity contribution in [3.05, 3.63) is 73.1 Å². The maximum Gasteiger partial charge on any atom is 0.330 e. The van der Waals surface area contributed by atoms with Gasteiger partial charge in [0.1, 0.15) is 11.6 Å². The molecule has 2 heterocycles. The van der Waals surface area contributed by atoms with Crippen LogP contribution in [0.1, 0.15) is 35.0 Å². The summed E-state index contributed by atoms with van der Waals surface area (Å²) in [4.78, 5) is 42.5. The van der Waals surface area contributed by atoms with Crippen LogP contribution in [0.25, 0.3) is 0 Å². The third-order valence-electron chi connectivity index (χ3n) is 4.72. The molecule has 3 N–H and O–H groups in total. The Balaban J connectivity index is 2.16. The number of nitrogens with one attached hydrogen (secondary N) is 1. The Morgan fingerprint density at radius 2 is 2.00 bits per heavy atom. The second-order valence-electron chi connectivity index (χ2n) is 6.68. The van der Waals surface area contributed by atoms with Crippen LogP contribution in [-0.2, 0) is 13.1 Å². The lowest BCUT2D eigenvalue weighted by Gasteiger charge is -2.25. The highest BCUT2D eigenvalue weighted by molar-refractivity contribution is 7.12. The van der Waals surface area contributed by atoms with E-state index in [0.717, 1.165) is 6.42 Å². The van der Waals surface area contributed by atoms with Crippen molar-refractivity contribution in [3.8, 4) is 5.75 Å². The van der Waals surface area contributed by atoms with Crippen LogP contribution < -0.4 is 26.6 Å². The predicted molar refractivity (Wildman–Crippen MR) is 118 cm³/mol. The molecule has 1 aromatic carbocycles. The molecule has 158 valence electrons. The average Bonchev–Trinajstić information content (AvgIpc) is 3.27. The first kappa shape index (κ1) is 21.4. The lowest BCUT2D eigenvalue weighted by atomic mass is 10.1. The van der Waals surface area contributed by atoms with Gasteiger partial charge in [0.2, 0.25) is 0 Å². The number of aromatic nitrogens is 2. The van der Waals surface area contributed by atoms with E-state index in [4.69, 9.17) is 10.5 Å². The van der Waals surface area contributed by atoms with Crippen molar-refractivity contribution < 1.29 is 9.53 Å². The number of unbranched alkanes of at least 4 members (excludes halogenated alkanes) is 1. The van der Waals surface area contributed by atoms with Gasteiger partial charge in [0, 0.05) is 12.1 Å². The summed E-state index contributed by atoms with van der Waals surface area (Å²) in [5.74, 6) is 0.168. The molecule has 9 heteroatoms. The summed E-state index contributed by atoms with van der Waals surface area (Å²) < 4.78 is 6.70. The standard InChI is InChI=1S/C21H24N4O4S/c1-3-4-11-24-18(22)17(19(26)23-21(24)28)25(20(27)16-10-7-12-30-16)13-14-8-5-6-9-15(14)29-2/h5-10,12H,3-4,11,13,22H2,1-2H3,(H,23,26,28). The summed E-state index contributed by atoms with van der Waals surface area (Å²) in [7, 11) is 1.54. The molecule has 0 aliphatic heterocycles. The van der Waals surface area contributed by atoms with Crippen LogP contribution in [-0.4, -0.2) is 22.6 Å². The number of H-pyrrole nitrogens is 1. The quantitative estimate of drug-likeness (QED) is 0.573. The number of anilines is 2. The predicted octanol–water partition coefficient (Wildman–Crippen LogP) is 2.84. The molecular weight excluding hydrogens is 404 g/mol. The minimum atomic E-state index is -0.704. The number of carbonyl (C=O) groups is 1. The molecule has 0 aliphatic rings. The van der Waals surface area contributed by atoms with Crippen LogP contribution >= 0.6 is 11.3 Å². The highest BCUT2D eigenvalue weighted by Gasteiger charge is 2.27. The fraction of sp³-hybridized carbons (Fsp3) is 0.286. The number of benzene rings is 1. The zero-order valence-electron chi connectivity index (χ0n) is 16.9. The molecule has 8 nitrogen and oxygen atoms in total. The summed E-state index contributed by atoms with van der Waals surface area (Å²) >= 11 is 1.26. The lowest BCUT2D eigenvalue weighted by molar-refractivity contribution is 0.0988. The van der Waals surface area contributed by atoms with Crippen molar-refractivity contribution in [2.75, 3.05) is 17.7 Å². The molecule has 3 rings (SSSR count). The van der Waals surface area contributed by atoms with Crippen LogP contribution in [0.2, 0.25) is 0 Å². The summed E-state index contributed by atoms with van der Waals surface area (Å²) in [5, 5.41) is 1.78. The molecule has 0 saturated carbocycles. The van der Waals surface area contributed by atoms with E-state index in [1.165, 1.54) is 27.9 Å². The van der Waals surface area contributed by atoms with Crippen molar-refractivity contribution in [1.82, 2.24) is 9.55 Å². The SMILES string of the molecule is CCCCn1c(N)c(N(Cc2ccccc2OC)C(=O)c2cccs2)c(=O)[nH]c1=O. The number of hydrogen-bond acceptors (Lipinski definition) is 6. The molecule has 0 fully saturated rings. The molecular formula is C21H24N4O4S. The minimum absolute atomic E-state index is 0.0306. The summed E-state index contributed by atoms with van der Waals surface area (Å²) in [6.07, 6.45) is 1.56. The molecule has 3 aromatic rings. The number of hydrogen-bond donors (Lipinski definition) is 2. The zero-order chi connectivity index (χ0) is 21.7.